The maximum atomic E-state index is 11.5. The normalized spacial score (nSPS) is 14.7. The smallest absolute Gasteiger partial charge is 0.337 e. The molecular formula is C23H24N2O3. The minimum atomic E-state index is -0.943. The fourth-order valence-electron chi connectivity index (χ4n) is 3.48. The number of nitrogens with one attached hydrogen (secondary N) is 1. The minimum Gasteiger partial charge on any atom is -0.489 e. The van der Waals surface area contributed by atoms with Gasteiger partial charge in [-0.3, -0.25) is 0 Å². The fourth-order valence-corrected chi connectivity index (χ4v) is 3.48. The molecule has 4 rings (SSSR count). The number of anilines is 1. The van der Waals surface area contributed by atoms with Crippen LogP contribution in [0.4, 0.5) is 5.69 Å². The van der Waals surface area contributed by atoms with E-state index in [1.165, 1.54) is 0 Å². The van der Waals surface area contributed by atoms with Gasteiger partial charge < -0.3 is 15.2 Å². The number of hydrogen-bond acceptors (Lipinski definition) is 4. The molecule has 5 heteroatoms. The molecule has 0 bridgehead atoms. The first-order valence-corrected chi connectivity index (χ1v) is 9.60. The third-order valence-corrected chi connectivity index (χ3v) is 5.07. The van der Waals surface area contributed by atoms with Gasteiger partial charge in [0.25, 0.3) is 0 Å². The zero-order valence-corrected chi connectivity index (χ0v) is 16.3. The highest BCUT2D eigenvalue weighted by Gasteiger charge is 2.25. The number of aryl methyl sites for hydroxylation is 2. The van der Waals surface area contributed by atoms with E-state index in [0.717, 1.165) is 46.3 Å². The van der Waals surface area contributed by atoms with Crippen molar-refractivity contribution >= 4 is 22.6 Å². The summed E-state index contributed by atoms with van der Waals surface area (Å²) in [5.41, 5.74) is 4.88. The maximum Gasteiger partial charge on any atom is 0.337 e. The summed E-state index contributed by atoms with van der Waals surface area (Å²) >= 11 is 0. The van der Waals surface area contributed by atoms with Crippen molar-refractivity contribution in [2.45, 2.75) is 45.8 Å². The molecule has 1 aliphatic rings. The maximum absolute atomic E-state index is 11.5. The zero-order chi connectivity index (χ0) is 19.8. The standard InChI is InChI=1S/C23H24N2O3/c1-13-10-18(14(2)24-20-7-5-4-6-17(20)23(26)27)19-12-22(28-16-8-9-16)15(3)25-21(19)11-13/h4-7,10-12,14,16,24H,8-9H2,1-3H3,(H,26,27)/t14-/m0/s1. The Morgan fingerprint density at radius 1 is 1.21 bits per heavy atom. The molecule has 0 saturated heterocycles. The number of rotatable bonds is 6. The molecular weight excluding hydrogens is 352 g/mol. The lowest BCUT2D eigenvalue weighted by Crippen LogP contribution is -2.11. The summed E-state index contributed by atoms with van der Waals surface area (Å²) in [6.45, 7) is 6.06. The van der Waals surface area contributed by atoms with Crippen LogP contribution in [0, 0.1) is 13.8 Å². The van der Waals surface area contributed by atoms with Crippen LogP contribution in [0.15, 0.2) is 42.5 Å². The number of hydrogen-bond donors (Lipinski definition) is 2. The molecule has 2 N–H and O–H groups in total. The molecule has 1 heterocycles. The van der Waals surface area contributed by atoms with Crippen molar-refractivity contribution in [1.29, 1.82) is 0 Å². The number of aromatic carboxylic acids is 1. The average molecular weight is 376 g/mol. The van der Waals surface area contributed by atoms with E-state index in [0.29, 0.717) is 11.8 Å². The van der Waals surface area contributed by atoms with Gasteiger partial charge in [-0.25, -0.2) is 9.78 Å². The Kier molecular flexibility index (Phi) is 4.67. The van der Waals surface area contributed by atoms with Crippen LogP contribution in [-0.4, -0.2) is 22.2 Å². The molecule has 0 radical (unpaired) electrons. The van der Waals surface area contributed by atoms with Gasteiger partial charge in [-0.15, -0.1) is 0 Å². The number of aromatic nitrogens is 1. The zero-order valence-electron chi connectivity index (χ0n) is 16.3. The summed E-state index contributed by atoms with van der Waals surface area (Å²) in [4.78, 5) is 16.3. The lowest BCUT2D eigenvalue weighted by molar-refractivity contribution is 0.0698. The average Bonchev–Trinajstić information content (AvgIpc) is 3.46. The molecule has 5 nitrogen and oxygen atoms in total. The quantitative estimate of drug-likeness (QED) is 0.614. The van der Waals surface area contributed by atoms with Crippen LogP contribution < -0.4 is 10.1 Å². The number of fused-ring (bicyclic) bond motifs is 1. The van der Waals surface area contributed by atoms with E-state index < -0.39 is 5.97 Å². The number of pyridine rings is 1. The fraction of sp³-hybridized carbons (Fsp3) is 0.304. The van der Waals surface area contributed by atoms with Crippen LogP contribution in [0.5, 0.6) is 5.75 Å². The Balaban J connectivity index is 1.75. The molecule has 1 atom stereocenters. The second-order valence-corrected chi connectivity index (χ2v) is 7.53. The molecule has 0 unspecified atom stereocenters. The predicted octanol–water partition coefficient (Wildman–Crippen LogP) is 5.26. The lowest BCUT2D eigenvalue weighted by atomic mass is 9.98. The van der Waals surface area contributed by atoms with Crippen LogP contribution in [0.2, 0.25) is 0 Å². The number of carbonyl (C=O) groups is 1. The van der Waals surface area contributed by atoms with Crippen molar-refractivity contribution < 1.29 is 14.6 Å². The Bertz CT molecular complexity index is 1060. The van der Waals surface area contributed by atoms with E-state index in [1.54, 1.807) is 18.2 Å². The van der Waals surface area contributed by atoms with Gasteiger partial charge in [-0.1, -0.05) is 18.2 Å². The molecule has 28 heavy (non-hydrogen) atoms. The summed E-state index contributed by atoms with van der Waals surface area (Å²) in [5.74, 6) is -0.111. The van der Waals surface area contributed by atoms with E-state index in [-0.39, 0.29) is 11.6 Å². The van der Waals surface area contributed by atoms with Gasteiger partial charge in [-0.05, 0) is 69.0 Å². The predicted molar refractivity (Wildman–Crippen MR) is 110 cm³/mol. The summed E-state index contributed by atoms with van der Waals surface area (Å²) in [5, 5.41) is 13.8. The molecule has 1 aromatic heterocycles. The number of carboxylic acid groups (broad SMARTS) is 1. The van der Waals surface area contributed by atoms with Crippen LogP contribution in [0.3, 0.4) is 0 Å². The first kappa shape index (κ1) is 18.3. The van der Waals surface area contributed by atoms with Gasteiger partial charge in [0, 0.05) is 17.1 Å². The number of para-hydroxylation sites is 1. The van der Waals surface area contributed by atoms with E-state index in [4.69, 9.17) is 9.72 Å². The molecule has 3 aromatic rings. The van der Waals surface area contributed by atoms with Crippen LogP contribution in [-0.2, 0) is 0 Å². The van der Waals surface area contributed by atoms with Gasteiger partial charge >= 0.3 is 5.97 Å². The van der Waals surface area contributed by atoms with Crippen molar-refractivity contribution in [2.24, 2.45) is 0 Å². The largest absolute Gasteiger partial charge is 0.489 e. The lowest BCUT2D eigenvalue weighted by Gasteiger charge is -2.20. The summed E-state index contributed by atoms with van der Waals surface area (Å²) < 4.78 is 6.04. The van der Waals surface area contributed by atoms with E-state index in [1.807, 2.05) is 26.8 Å². The second kappa shape index (κ2) is 7.15. The first-order valence-electron chi connectivity index (χ1n) is 9.60. The SMILES string of the molecule is Cc1cc([C@H](C)Nc2ccccc2C(=O)O)c2cc(OC3CC3)c(C)nc2c1. The number of carboxylic acids is 1. The number of nitrogens with zero attached hydrogens (tertiary/aromatic N) is 1. The van der Waals surface area contributed by atoms with Gasteiger partial charge in [0.05, 0.1) is 22.9 Å². The second-order valence-electron chi connectivity index (χ2n) is 7.53. The Morgan fingerprint density at radius 2 is 1.96 bits per heavy atom. The molecule has 1 aliphatic carbocycles. The highest BCUT2D eigenvalue weighted by molar-refractivity contribution is 5.94. The van der Waals surface area contributed by atoms with Crippen LogP contribution >= 0.6 is 0 Å². The molecule has 1 fully saturated rings. The van der Waals surface area contributed by atoms with Gasteiger partial charge in [0.2, 0.25) is 0 Å². The van der Waals surface area contributed by atoms with Gasteiger partial charge in [-0.2, -0.15) is 0 Å². The molecule has 144 valence electrons. The van der Waals surface area contributed by atoms with E-state index in [9.17, 15) is 9.90 Å². The van der Waals surface area contributed by atoms with Crippen LogP contribution in [0.1, 0.15) is 53.0 Å². The van der Waals surface area contributed by atoms with Crippen molar-refractivity contribution in [3.63, 3.8) is 0 Å². The van der Waals surface area contributed by atoms with Crippen molar-refractivity contribution in [3.8, 4) is 5.75 Å². The van der Waals surface area contributed by atoms with Crippen molar-refractivity contribution in [2.75, 3.05) is 5.32 Å². The van der Waals surface area contributed by atoms with Gasteiger partial charge in [0.1, 0.15) is 5.75 Å². The van der Waals surface area contributed by atoms with Crippen molar-refractivity contribution in [3.05, 3.63) is 64.8 Å². The topological polar surface area (TPSA) is 71.5 Å². The third-order valence-electron chi connectivity index (χ3n) is 5.07. The summed E-state index contributed by atoms with van der Waals surface area (Å²) in [6, 6.07) is 13.1. The molecule has 0 spiro atoms. The Labute approximate surface area is 164 Å². The molecule has 1 saturated carbocycles. The monoisotopic (exact) mass is 376 g/mol. The third kappa shape index (κ3) is 3.65. The van der Waals surface area contributed by atoms with Gasteiger partial charge in [0.15, 0.2) is 0 Å². The van der Waals surface area contributed by atoms with Crippen LogP contribution in [0.25, 0.3) is 10.9 Å². The summed E-state index contributed by atoms with van der Waals surface area (Å²) in [6.07, 6.45) is 2.51. The summed E-state index contributed by atoms with van der Waals surface area (Å²) in [7, 11) is 0. The highest BCUT2D eigenvalue weighted by Crippen LogP contribution is 2.34. The number of benzene rings is 2. The van der Waals surface area contributed by atoms with Crippen molar-refractivity contribution in [1.82, 2.24) is 4.98 Å². The Morgan fingerprint density at radius 3 is 2.68 bits per heavy atom. The first-order chi connectivity index (χ1) is 13.4. The van der Waals surface area contributed by atoms with E-state index >= 15 is 0 Å². The highest BCUT2D eigenvalue weighted by atomic mass is 16.5. The Hall–Kier alpha value is -3.08. The van der Waals surface area contributed by atoms with E-state index in [2.05, 4.69) is 23.5 Å². The number of ether oxygens (including phenoxy) is 1. The molecule has 2 aromatic carbocycles. The molecule has 0 amide bonds. The molecule has 0 aliphatic heterocycles. The minimum absolute atomic E-state index is 0.0961.